The largest absolute Gasteiger partial charge is 0.390 e. The first-order valence-electron chi connectivity index (χ1n) is 5.82. The normalized spacial score (nSPS) is 22.5. The van der Waals surface area contributed by atoms with Gasteiger partial charge in [-0.1, -0.05) is 6.92 Å². The lowest BCUT2D eigenvalue weighted by molar-refractivity contribution is -0.0339. The van der Waals surface area contributed by atoms with E-state index in [4.69, 9.17) is 9.84 Å². The molecule has 1 aromatic heterocycles. The van der Waals surface area contributed by atoms with E-state index in [2.05, 4.69) is 21.8 Å². The van der Waals surface area contributed by atoms with Crippen LogP contribution in [0.25, 0.3) is 0 Å². The van der Waals surface area contributed by atoms with Crippen molar-refractivity contribution >= 4 is 0 Å². The summed E-state index contributed by atoms with van der Waals surface area (Å²) in [6, 6.07) is 0. The maximum absolute atomic E-state index is 8.96. The molecule has 1 aliphatic rings. The van der Waals surface area contributed by atoms with Gasteiger partial charge in [0.2, 0.25) is 0 Å². The summed E-state index contributed by atoms with van der Waals surface area (Å²) in [4.78, 5) is 9.70. The van der Waals surface area contributed by atoms with E-state index in [1.165, 1.54) is 0 Å². The van der Waals surface area contributed by atoms with Crippen LogP contribution in [0.5, 0.6) is 0 Å². The summed E-state index contributed by atoms with van der Waals surface area (Å²) in [5, 5.41) is 8.96. The highest BCUT2D eigenvalue weighted by Gasteiger charge is 2.23. The second-order valence-electron chi connectivity index (χ2n) is 4.11. The van der Waals surface area contributed by atoms with Gasteiger partial charge >= 0.3 is 0 Å². The minimum atomic E-state index is -0.00159. The number of nitrogens with zero attached hydrogens (tertiary/aromatic N) is 2. The Hall–Kier alpha value is -0.910. The lowest BCUT2D eigenvalue weighted by atomic mass is 10.2. The molecular weight excluding hydrogens is 206 g/mol. The summed E-state index contributed by atoms with van der Waals surface area (Å²) >= 11 is 0. The van der Waals surface area contributed by atoms with Crippen LogP contribution in [0.4, 0.5) is 0 Å². The number of H-pyrrole nitrogens is 1. The van der Waals surface area contributed by atoms with Crippen molar-refractivity contribution in [1.29, 1.82) is 0 Å². The van der Waals surface area contributed by atoms with E-state index in [1.54, 1.807) is 6.20 Å². The molecule has 2 heterocycles. The van der Waals surface area contributed by atoms with Crippen LogP contribution >= 0.6 is 0 Å². The lowest BCUT2D eigenvalue weighted by Gasteiger charge is -2.31. The van der Waals surface area contributed by atoms with Gasteiger partial charge in [0.05, 0.1) is 25.1 Å². The molecule has 0 radical (unpaired) electrons. The molecular formula is C11H19N3O2. The van der Waals surface area contributed by atoms with E-state index in [0.717, 1.165) is 44.2 Å². The molecule has 5 heteroatoms. The molecule has 1 aromatic rings. The number of aliphatic hydroxyl groups excluding tert-OH is 1. The average molecular weight is 225 g/mol. The molecule has 1 atom stereocenters. The van der Waals surface area contributed by atoms with Crippen LogP contribution in [-0.4, -0.2) is 46.2 Å². The average Bonchev–Trinajstić information content (AvgIpc) is 2.78. The number of morpholine rings is 1. The Morgan fingerprint density at radius 1 is 1.69 bits per heavy atom. The SMILES string of the molecule is CCCN1CCOC(c2ncc(CO)[nH]2)C1. The van der Waals surface area contributed by atoms with Crippen LogP contribution in [0.2, 0.25) is 0 Å². The Labute approximate surface area is 95.4 Å². The lowest BCUT2D eigenvalue weighted by Crippen LogP contribution is -2.39. The number of hydrogen-bond acceptors (Lipinski definition) is 4. The van der Waals surface area contributed by atoms with Gasteiger partial charge in [0, 0.05) is 13.1 Å². The van der Waals surface area contributed by atoms with Crippen LogP contribution < -0.4 is 0 Å². The van der Waals surface area contributed by atoms with E-state index >= 15 is 0 Å². The minimum absolute atomic E-state index is 0.00159. The number of aliphatic hydroxyl groups is 1. The smallest absolute Gasteiger partial charge is 0.136 e. The van der Waals surface area contributed by atoms with Crippen LogP contribution in [0.15, 0.2) is 6.20 Å². The maximum atomic E-state index is 8.96. The van der Waals surface area contributed by atoms with Crippen molar-refractivity contribution in [3.8, 4) is 0 Å². The second kappa shape index (κ2) is 5.43. The molecule has 0 amide bonds. The zero-order valence-corrected chi connectivity index (χ0v) is 9.65. The fourth-order valence-electron chi connectivity index (χ4n) is 2.01. The first-order chi connectivity index (χ1) is 7.83. The Balaban J connectivity index is 1.98. The van der Waals surface area contributed by atoms with Gasteiger partial charge in [-0.15, -0.1) is 0 Å². The summed E-state index contributed by atoms with van der Waals surface area (Å²) in [5.74, 6) is 0.824. The number of aromatic nitrogens is 2. The quantitative estimate of drug-likeness (QED) is 0.791. The maximum Gasteiger partial charge on any atom is 0.136 e. The molecule has 2 rings (SSSR count). The summed E-state index contributed by atoms with van der Waals surface area (Å²) in [7, 11) is 0. The van der Waals surface area contributed by atoms with Crippen molar-refractivity contribution in [2.45, 2.75) is 26.1 Å². The highest BCUT2D eigenvalue weighted by molar-refractivity contribution is 5.03. The van der Waals surface area contributed by atoms with Gasteiger partial charge in [0.25, 0.3) is 0 Å². The van der Waals surface area contributed by atoms with Gasteiger partial charge in [-0.25, -0.2) is 4.98 Å². The summed E-state index contributed by atoms with van der Waals surface area (Å²) < 4.78 is 5.68. The molecule has 5 nitrogen and oxygen atoms in total. The van der Waals surface area contributed by atoms with Gasteiger partial charge in [0.15, 0.2) is 0 Å². The van der Waals surface area contributed by atoms with Crippen molar-refractivity contribution in [1.82, 2.24) is 14.9 Å². The molecule has 0 bridgehead atoms. The monoisotopic (exact) mass is 225 g/mol. The van der Waals surface area contributed by atoms with Crippen LogP contribution in [-0.2, 0) is 11.3 Å². The van der Waals surface area contributed by atoms with Crippen molar-refractivity contribution in [3.05, 3.63) is 17.7 Å². The molecule has 0 saturated carbocycles. The second-order valence-corrected chi connectivity index (χ2v) is 4.11. The number of aromatic amines is 1. The number of rotatable bonds is 4. The number of imidazole rings is 1. The third-order valence-electron chi connectivity index (χ3n) is 2.81. The summed E-state index contributed by atoms with van der Waals surface area (Å²) in [6.45, 7) is 5.91. The van der Waals surface area contributed by atoms with E-state index < -0.39 is 0 Å². The highest BCUT2D eigenvalue weighted by Crippen LogP contribution is 2.19. The summed E-state index contributed by atoms with van der Waals surface area (Å²) in [5.41, 5.74) is 0.742. The van der Waals surface area contributed by atoms with Crippen molar-refractivity contribution in [2.24, 2.45) is 0 Å². The topological polar surface area (TPSA) is 61.4 Å². The zero-order valence-electron chi connectivity index (χ0n) is 9.65. The molecule has 1 fully saturated rings. The number of hydrogen-bond donors (Lipinski definition) is 2. The van der Waals surface area contributed by atoms with Crippen molar-refractivity contribution < 1.29 is 9.84 Å². The molecule has 1 saturated heterocycles. The third-order valence-corrected chi connectivity index (χ3v) is 2.81. The fourth-order valence-corrected chi connectivity index (χ4v) is 2.01. The first-order valence-corrected chi connectivity index (χ1v) is 5.82. The van der Waals surface area contributed by atoms with Gasteiger partial charge in [-0.3, -0.25) is 4.90 Å². The molecule has 16 heavy (non-hydrogen) atoms. The van der Waals surface area contributed by atoms with Crippen LogP contribution in [0, 0.1) is 0 Å². The van der Waals surface area contributed by atoms with Crippen LogP contribution in [0.1, 0.15) is 31.0 Å². The van der Waals surface area contributed by atoms with Gasteiger partial charge in [-0.2, -0.15) is 0 Å². The Morgan fingerprint density at radius 3 is 3.25 bits per heavy atom. The predicted octanol–water partition coefficient (Wildman–Crippen LogP) is 0.685. The predicted molar refractivity (Wildman–Crippen MR) is 59.9 cm³/mol. The number of nitrogens with one attached hydrogen (secondary N) is 1. The zero-order chi connectivity index (χ0) is 11.4. The molecule has 2 N–H and O–H groups in total. The van der Waals surface area contributed by atoms with E-state index in [0.29, 0.717) is 0 Å². The molecule has 90 valence electrons. The molecule has 1 unspecified atom stereocenters. The minimum Gasteiger partial charge on any atom is -0.390 e. The van der Waals surface area contributed by atoms with Gasteiger partial charge in [-0.05, 0) is 13.0 Å². The standard InChI is InChI=1S/C11H19N3O2/c1-2-3-14-4-5-16-10(7-14)11-12-6-9(8-15)13-11/h6,10,15H,2-5,7-8H2,1H3,(H,12,13). The van der Waals surface area contributed by atoms with Gasteiger partial charge < -0.3 is 14.8 Å². The van der Waals surface area contributed by atoms with Crippen molar-refractivity contribution in [2.75, 3.05) is 26.2 Å². The molecule has 0 spiro atoms. The molecule has 0 aromatic carbocycles. The third kappa shape index (κ3) is 2.61. The van der Waals surface area contributed by atoms with E-state index in [-0.39, 0.29) is 12.7 Å². The van der Waals surface area contributed by atoms with Crippen LogP contribution in [0.3, 0.4) is 0 Å². The fraction of sp³-hybridized carbons (Fsp3) is 0.727. The van der Waals surface area contributed by atoms with E-state index in [9.17, 15) is 0 Å². The Bertz CT molecular complexity index is 325. The first kappa shape index (κ1) is 11.6. The highest BCUT2D eigenvalue weighted by atomic mass is 16.5. The Kier molecular flexibility index (Phi) is 3.93. The number of ether oxygens (including phenoxy) is 1. The van der Waals surface area contributed by atoms with E-state index in [1.807, 2.05) is 0 Å². The molecule has 1 aliphatic heterocycles. The summed E-state index contributed by atoms with van der Waals surface area (Å²) in [6.07, 6.45) is 2.84. The Morgan fingerprint density at radius 2 is 2.56 bits per heavy atom. The van der Waals surface area contributed by atoms with Gasteiger partial charge in [0.1, 0.15) is 11.9 Å². The van der Waals surface area contributed by atoms with Crippen molar-refractivity contribution in [3.63, 3.8) is 0 Å². The molecule has 0 aliphatic carbocycles.